The predicted octanol–water partition coefficient (Wildman–Crippen LogP) is 6.75. The summed E-state index contributed by atoms with van der Waals surface area (Å²) in [5, 5.41) is 0. The van der Waals surface area contributed by atoms with Crippen LogP contribution in [-0.4, -0.2) is 44.5 Å². The molecule has 2 unspecified atom stereocenters. The van der Waals surface area contributed by atoms with Crippen molar-refractivity contribution in [1.29, 1.82) is 0 Å². The van der Waals surface area contributed by atoms with Crippen LogP contribution in [0.4, 0.5) is 10.1 Å². The Bertz CT molecular complexity index is 1310. The van der Waals surface area contributed by atoms with Gasteiger partial charge >= 0.3 is 0 Å². The number of methoxy groups -OCH3 is 1. The van der Waals surface area contributed by atoms with E-state index in [1.807, 2.05) is 6.92 Å². The summed E-state index contributed by atoms with van der Waals surface area (Å²) in [6, 6.07) is 9.03. The first-order valence-corrected chi connectivity index (χ1v) is 15.3. The lowest BCUT2D eigenvalue weighted by molar-refractivity contribution is -0.136. The van der Waals surface area contributed by atoms with Crippen LogP contribution in [0.5, 0.6) is 0 Å². The van der Waals surface area contributed by atoms with Gasteiger partial charge in [0.15, 0.2) is 11.6 Å². The zero-order chi connectivity index (χ0) is 28.1. The second-order valence-electron chi connectivity index (χ2n) is 12.9. The molecule has 1 saturated heterocycles. The molecule has 5 aliphatic rings. The number of fused-ring (bicyclic) bond motifs is 4. The summed E-state index contributed by atoms with van der Waals surface area (Å²) < 4.78 is 21.2. The Morgan fingerprint density at radius 2 is 1.90 bits per heavy atom. The summed E-state index contributed by atoms with van der Waals surface area (Å²) in [7, 11) is 1.57. The summed E-state index contributed by atoms with van der Waals surface area (Å²) in [4.78, 5) is 28.6. The Hall–Kier alpha value is -2.71. The Morgan fingerprint density at radius 3 is 2.60 bits per heavy atom. The second kappa shape index (κ2) is 10.6. The van der Waals surface area contributed by atoms with Crippen molar-refractivity contribution in [3.63, 3.8) is 0 Å². The maximum atomic E-state index is 15.9. The van der Waals surface area contributed by atoms with Gasteiger partial charge in [-0.2, -0.15) is 0 Å². The molecule has 0 bridgehead atoms. The van der Waals surface area contributed by atoms with Crippen LogP contribution in [0.15, 0.2) is 47.1 Å². The van der Waals surface area contributed by atoms with Gasteiger partial charge in [-0.3, -0.25) is 9.59 Å². The van der Waals surface area contributed by atoms with Crippen molar-refractivity contribution in [3.8, 4) is 11.8 Å². The summed E-state index contributed by atoms with van der Waals surface area (Å²) in [5.74, 6) is 6.89. The first-order valence-electron chi connectivity index (χ1n) is 15.3. The molecule has 0 N–H and O–H groups in total. The number of rotatable bonds is 5. The minimum absolute atomic E-state index is 0.0341. The quantitative estimate of drug-likeness (QED) is 0.386. The van der Waals surface area contributed by atoms with Gasteiger partial charge in [-0.1, -0.05) is 30.6 Å². The molecule has 0 radical (unpaired) electrons. The van der Waals surface area contributed by atoms with Crippen LogP contribution in [0, 0.1) is 34.5 Å². The third kappa shape index (κ3) is 4.21. The number of ether oxygens (including phenoxy) is 1. The van der Waals surface area contributed by atoms with Gasteiger partial charge in [-0.25, -0.2) is 4.39 Å². The molecule has 1 heterocycles. The van der Waals surface area contributed by atoms with Crippen LogP contribution in [0.25, 0.3) is 0 Å². The van der Waals surface area contributed by atoms with Crippen LogP contribution in [0.2, 0.25) is 0 Å². The lowest BCUT2D eigenvalue weighted by atomic mass is 9.48. The van der Waals surface area contributed by atoms with Crippen LogP contribution in [0.1, 0.15) is 83.1 Å². The Labute approximate surface area is 238 Å². The minimum Gasteiger partial charge on any atom is -0.377 e. The fraction of sp³-hybridized carbons (Fsp3) is 0.600. The first-order chi connectivity index (χ1) is 19.3. The monoisotopic (exact) mass is 543 g/mol. The zero-order valence-electron chi connectivity index (χ0n) is 24.2. The number of halogens is 1. The van der Waals surface area contributed by atoms with Gasteiger partial charge in [-0.05, 0) is 110 Å². The Balaban J connectivity index is 1.49. The molecule has 2 saturated carbocycles. The van der Waals surface area contributed by atoms with Crippen molar-refractivity contribution in [3.05, 3.63) is 52.6 Å². The van der Waals surface area contributed by atoms with Gasteiger partial charge in [0.05, 0.1) is 5.41 Å². The van der Waals surface area contributed by atoms with Gasteiger partial charge < -0.3 is 9.64 Å². The van der Waals surface area contributed by atoms with Crippen molar-refractivity contribution in [2.75, 3.05) is 31.7 Å². The molecule has 1 aromatic carbocycles. The van der Waals surface area contributed by atoms with E-state index in [0.29, 0.717) is 31.3 Å². The molecule has 4 aliphatic carbocycles. The number of hydrogen-bond donors (Lipinski definition) is 0. The largest absolute Gasteiger partial charge is 0.377 e. The van der Waals surface area contributed by atoms with E-state index < -0.39 is 17.0 Å². The lowest BCUT2D eigenvalue weighted by Gasteiger charge is -2.55. The molecule has 1 aromatic rings. The highest BCUT2D eigenvalue weighted by Gasteiger charge is 2.66. The fourth-order valence-corrected chi connectivity index (χ4v) is 9.23. The van der Waals surface area contributed by atoms with E-state index in [9.17, 15) is 9.59 Å². The van der Waals surface area contributed by atoms with Crippen molar-refractivity contribution in [2.45, 2.75) is 83.7 Å². The van der Waals surface area contributed by atoms with Gasteiger partial charge in [0.1, 0.15) is 12.8 Å². The molecule has 6 rings (SSSR count). The van der Waals surface area contributed by atoms with E-state index in [0.717, 1.165) is 31.5 Å². The molecule has 5 heteroatoms. The molecule has 3 fully saturated rings. The van der Waals surface area contributed by atoms with Gasteiger partial charge in [0, 0.05) is 38.2 Å². The summed E-state index contributed by atoms with van der Waals surface area (Å²) in [6.07, 6.45) is 7.99. The summed E-state index contributed by atoms with van der Waals surface area (Å²) >= 11 is 0. The topological polar surface area (TPSA) is 46.6 Å². The van der Waals surface area contributed by atoms with Crippen molar-refractivity contribution >= 4 is 17.3 Å². The standard InChI is InChI=1S/C35H42FNO3/c1-4-15-35(32(39)22-40-3)16-14-30-28-20-31(36)27-19-25(38)12-13-26(27)33(28)29(21-34(30,35)2)23-8-10-24(11-9-23)37-17-6-5-7-18-37/h8-11,19,28-31H,5-7,12-14,16-18,20-22H2,1-3H3/t28-,29?,30-,31?,34-,35+/m0/s1. The number of nitrogens with zero attached hydrogens (tertiary/aromatic N) is 1. The summed E-state index contributed by atoms with van der Waals surface area (Å²) in [6.45, 7) is 6.31. The average Bonchev–Trinajstić information content (AvgIpc) is 3.26. The Morgan fingerprint density at radius 1 is 1.15 bits per heavy atom. The van der Waals surface area contributed by atoms with E-state index in [-0.39, 0.29) is 35.9 Å². The van der Waals surface area contributed by atoms with Crippen LogP contribution in [-0.2, 0) is 14.3 Å². The van der Waals surface area contributed by atoms with Gasteiger partial charge in [0.2, 0.25) is 0 Å². The molecule has 40 heavy (non-hydrogen) atoms. The van der Waals surface area contributed by atoms with Crippen LogP contribution < -0.4 is 4.90 Å². The SMILES string of the molecule is CC#C[C@]1(C(=O)COC)CC[C@H]2[C@@H]3CC(F)C4=CC(=O)CCC4=C3C(c3ccc(N4CCCCC4)cc3)C[C@@]21C. The van der Waals surface area contributed by atoms with E-state index in [1.54, 1.807) is 13.2 Å². The molecule has 6 atom stereocenters. The molecule has 0 spiro atoms. The van der Waals surface area contributed by atoms with Gasteiger partial charge in [-0.15, -0.1) is 5.92 Å². The van der Waals surface area contributed by atoms with Crippen molar-refractivity contribution < 1.29 is 18.7 Å². The number of ketones is 2. The minimum atomic E-state index is -1.14. The highest BCUT2D eigenvalue weighted by Crippen LogP contribution is 2.69. The van der Waals surface area contributed by atoms with Crippen molar-refractivity contribution in [2.24, 2.45) is 22.7 Å². The number of allylic oxidation sites excluding steroid dienone is 4. The Kier molecular flexibility index (Phi) is 7.28. The maximum absolute atomic E-state index is 15.9. The molecule has 0 amide bonds. The highest BCUT2D eigenvalue weighted by molar-refractivity contribution is 5.93. The molecule has 1 aliphatic heterocycles. The smallest absolute Gasteiger partial charge is 0.176 e. The number of alkyl halides is 1. The number of benzene rings is 1. The molecular weight excluding hydrogens is 501 g/mol. The van der Waals surface area contributed by atoms with Gasteiger partial charge in [0.25, 0.3) is 0 Å². The van der Waals surface area contributed by atoms with E-state index in [4.69, 9.17) is 4.74 Å². The van der Waals surface area contributed by atoms with E-state index in [2.05, 4.69) is 47.9 Å². The first kappa shape index (κ1) is 27.5. The van der Waals surface area contributed by atoms with Crippen LogP contribution in [0.3, 0.4) is 0 Å². The average molecular weight is 544 g/mol. The fourth-order valence-electron chi connectivity index (χ4n) is 9.23. The third-order valence-electron chi connectivity index (χ3n) is 11.1. The summed E-state index contributed by atoms with van der Waals surface area (Å²) in [5.41, 5.74) is 4.33. The number of anilines is 1. The second-order valence-corrected chi connectivity index (χ2v) is 12.9. The molecule has 4 nitrogen and oxygen atoms in total. The van der Waals surface area contributed by atoms with Crippen molar-refractivity contribution in [1.82, 2.24) is 0 Å². The molecule has 212 valence electrons. The number of hydrogen-bond acceptors (Lipinski definition) is 4. The zero-order valence-corrected chi connectivity index (χ0v) is 24.2. The predicted molar refractivity (Wildman–Crippen MR) is 156 cm³/mol. The highest BCUT2D eigenvalue weighted by atomic mass is 19.1. The lowest BCUT2D eigenvalue weighted by Crippen LogP contribution is -2.52. The molecule has 0 aromatic heterocycles. The number of Topliss-reactive ketones (excluding diaryl/α,β-unsaturated/α-hetero) is 1. The van der Waals surface area contributed by atoms with Crippen LogP contribution >= 0.6 is 0 Å². The third-order valence-corrected chi connectivity index (χ3v) is 11.1. The maximum Gasteiger partial charge on any atom is 0.176 e. The molecular formula is C35H42FNO3. The number of carbonyl (C=O) groups excluding carboxylic acids is 2. The normalized spacial score (nSPS) is 35.2. The van der Waals surface area contributed by atoms with E-state index in [1.165, 1.54) is 36.1 Å². The number of carbonyl (C=O) groups is 2. The van der Waals surface area contributed by atoms with E-state index >= 15 is 4.39 Å². The number of piperidine rings is 1.